The second kappa shape index (κ2) is 3.43. The molecule has 0 amide bonds. The van der Waals surface area contributed by atoms with Crippen LogP contribution in [0.15, 0.2) is 21.3 Å². The van der Waals surface area contributed by atoms with Crippen molar-refractivity contribution in [1.29, 1.82) is 0 Å². The molecule has 14 heavy (non-hydrogen) atoms. The number of aliphatic hydroxyl groups excluding tert-OH is 1. The molecule has 74 valence electrons. The Bertz CT molecular complexity index is 511. The Labute approximate surface area is 83.4 Å². The Hall–Kier alpha value is -1.33. The Morgan fingerprint density at radius 3 is 3.00 bits per heavy atom. The number of ether oxygens (including phenoxy) is 1. The van der Waals surface area contributed by atoms with E-state index in [4.69, 9.17) is 14.3 Å². The van der Waals surface area contributed by atoms with Gasteiger partial charge in [-0.25, -0.2) is 4.79 Å². The minimum Gasteiger partial charge on any atom is -0.493 e. The van der Waals surface area contributed by atoms with Crippen LogP contribution < -0.4 is 9.68 Å². The lowest BCUT2D eigenvalue weighted by atomic mass is 10.2. The van der Waals surface area contributed by atoms with Gasteiger partial charge in [0.1, 0.15) is 0 Å². The van der Waals surface area contributed by atoms with E-state index in [9.17, 15) is 4.79 Å². The molecule has 0 atom stereocenters. The monoisotopic (exact) mass is 212 g/mol. The quantitative estimate of drug-likeness (QED) is 0.816. The Morgan fingerprint density at radius 2 is 2.36 bits per heavy atom. The highest BCUT2D eigenvalue weighted by atomic mass is 32.1. The highest BCUT2D eigenvalue weighted by molar-refractivity contribution is 7.16. The maximum absolute atomic E-state index is 11.0. The summed E-state index contributed by atoms with van der Waals surface area (Å²) in [5.41, 5.74) is 1.14. The van der Waals surface area contributed by atoms with Gasteiger partial charge in [-0.1, -0.05) is 11.3 Å². The van der Waals surface area contributed by atoms with Gasteiger partial charge in [0, 0.05) is 0 Å². The first-order chi connectivity index (χ1) is 6.74. The summed E-state index contributed by atoms with van der Waals surface area (Å²) in [6.45, 7) is -0.0849. The van der Waals surface area contributed by atoms with Crippen LogP contribution in [0.4, 0.5) is 0 Å². The molecule has 0 radical (unpaired) electrons. The van der Waals surface area contributed by atoms with Crippen molar-refractivity contribution in [3.8, 4) is 5.75 Å². The van der Waals surface area contributed by atoms with Gasteiger partial charge in [0.25, 0.3) is 0 Å². The molecular weight excluding hydrogens is 204 g/mol. The molecule has 1 heterocycles. The van der Waals surface area contributed by atoms with Gasteiger partial charge in [-0.2, -0.15) is 0 Å². The van der Waals surface area contributed by atoms with Gasteiger partial charge in [-0.05, 0) is 17.7 Å². The average Bonchev–Trinajstić information content (AvgIpc) is 2.56. The lowest BCUT2D eigenvalue weighted by Crippen LogP contribution is -1.88. The SMILES string of the molecule is COc1cc(CO)cc2sc(=O)oc12. The smallest absolute Gasteiger partial charge is 0.396 e. The zero-order valence-electron chi connectivity index (χ0n) is 7.44. The predicted octanol–water partition coefficient (Wildman–Crippen LogP) is 1.36. The lowest BCUT2D eigenvalue weighted by Gasteiger charge is -2.01. The van der Waals surface area contributed by atoms with Crippen LogP contribution in [0.1, 0.15) is 5.56 Å². The van der Waals surface area contributed by atoms with Gasteiger partial charge in [0.15, 0.2) is 11.3 Å². The van der Waals surface area contributed by atoms with E-state index >= 15 is 0 Å². The van der Waals surface area contributed by atoms with E-state index in [-0.39, 0.29) is 11.5 Å². The molecule has 0 aliphatic heterocycles. The van der Waals surface area contributed by atoms with Crippen molar-refractivity contribution in [3.63, 3.8) is 0 Å². The maximum Gasteiger partial charge on any atom is 0.396 e. The van der Waals surface area contributed by atoms with Gasteiger partial charge in [-0.15, -0.1) is 0 Å². The summed E-state index contributed by atoms with van der Waals surface area (Å²) in [7, 11) is 1.49. The van der Waals surface area contributed by atoms with E-state index < -0.39 is 0 Å². The van der Waals surface area contributed by atoms with E-state index in [2.05, 4.69) is 0 Å². The standard InChI is InChI=1S/C9H8O4S/c1-12-6-2-5(4-10)3-7-8(6)13-9(11)14-7/h2-3,10H,4H2,1H3. The maximum atomic E-state index is 11.0. The van der Waals surface area contributed by atoms with Crippen LogP contribution in [0.3, 0.4) is 0 Å². The van der Waals surface area contributed by atoms with Crippen LogP contribution >= 0.6 is 11.3 Å². The van der Waals surface area contributed by atoms with E-state index in [0.717, 1.165) is 11.3 Å². The van der Waals surface area contributed by atoms with Crippen LogP contribution in [0.5, 0.6) is 5.75 Å². The van der Waals surface area contributed by atoms with E-state index in [1.54, 1.807) is 12.1 Å². The molecule has 0 unspecified atom stereocenters. The fraction of sp³-hybridized carbons (Fsp3) is 0.222. The predicted molar refractivity (Wildman–Crippen MR) is 52.8 cm³/mol. The summed E-state index contributed by atoms with van der Waals surface area (Å²) >= 11 is 0.998. The highest BCUT2D eigenvalue weighted by Gasteiger charge is 2.09. The number of hydrogen-bond acceptors (Lipinski definition) is 5. The summed E-state index contributed by atoms with van der Waals surface area (Å²) in [5, 5.41) is 8.96. The normalized spacial score (nSPS) is 10.7. The second-order valence-electron chi connectivity index (χ2n) is 2.74. The lowest BCUT2D eigenvalue weighted by molar-refractivity contribution is 0.281. The van der Waals surface area contributed by atoms with Crippen molar-refractivity contribution in [1.82, 2.24) is 0 Å². The largest absolute Gasteiger partial charge is 0.493 e. The molecular formula is C9H8O4S. The van der Waals surface area contributed by atoms with Gasteiger partial charge in [0.05, 0.1) is 18.4 Å². The van der Waals surface area contributed by atoms with Gasteiger partial charge >= 0.3 is 4.94 Å². The third-order valence-corrected chi connectivity index (χ3v) is 2.63. The number of aliphatic hydroxyl groups is 1. The molecule has 0 spiro atoms. The molecule has 2 rings (SSSR count). The molecule has 0 saturated heterocycles. The van der Waals surface area contributed by atoms with Crippen molar-refractivity contribution < 1.29 is 14.3 Å². The molecule has 1 aromatic heterocycles. The number of rotatable bonds is 2. The zero-order valence-corrected chi connectivity index (χ0v) is 8.26. The molecule has 2 aromatic rings. The first-order valence-corrected chi connectivity index (χ1v) is 4.77. The Kier molecular flexibility index (Phi) is 2.26. The van der Waals surface area contributed by atoms with Crippen LogP contribution in [0.25, 0.3) is 10.3 Å². The first-order valence-electron chi connectivity index (χ1n) is 3.96. The number of benzene rings is 1. The third kappa shape index (κ3) is 1.40. The van der Waals surface area contributed by atoms with E-state index in [1.807, 2.05) is 0 Å². The fourth-order valence-corrected chi connectivity index (χ4v) is 1.99. The summed E-state index contributed by atoms with van der Waals surface area (Å²) in [5.74, 6) is 0.477. The number of fused-ring (bicyclic) bond motifs is 1. The average molecular weight is 212 g/mol. The molecule has 0 fully saturated rings. The minimum absolute atomic E-state index is 0.0849. The van der Waals surface area contributed by atoms with Crippen molar-refractivity contribution in [3.05, 3.63) is 27.4 Å². The molecule has 1 N–H and O–H groups in total. The Morgan fingerprint density at radius 1 is 1.57 bits per heavy atom. The van der Waals surface area contributed by atoms with Crippen LogP contribution in [-0.4, -0.2) is 12.2 Å². The highest BCUT2D eigenvalue weighted by Crippen LogP contribution is 2.28. The van der Waals surface area contributed by atoms with E-state index in [1.165, 1.54) is 7.11 Å². The molecule has 0 bridgehead atoms. The van der Waals surface area contributed by atoms with Gasteiger partial charge in [-0.3, -0.25) is 0 Å². The first kappa shape index (κ1) is 9.23. The molecule has 0 saturated carbocycles. The van der Waals surface area contributed by atoms with Gasteiger partial charge in [0.2, 0.25) is 0 Å². The van der Waals surface area contributed by atoms with Crippen LogP contribution in [0, 0.1) is 0 Å². The van der Waals surface area contributed by atoms with Crippen LogP contribution in [0.2, 0.25) is 0 Å². The summed E-state index contributed by atoms with van der Waals surface area (Å²) in [6.07, 6.45) is 0. The van der Waals surface area contributed by atoms with Crippen molar-refractivity contribution in [2.75, 3.05) is 7.11 Å². The molecule has 5 heteroatoms. The van der Waals surface area contributed by atoms with Crippen LogP contribution in [-0.2, 0) is 6.61 Å². The topological polar surface area (TPSA) is 59.7 Å². The van der Waals surface area contributed by atoms with Crippen molar-refractivity contribution >= 4 is 21.6 Å². The van der Waals surface area contributed by atoms with Gasteiger partial charge < -0.3 is 14.3 Å². The molecule has 0 aliphatic carbocycles. The minimum atomic E-state index is -0.367. The van der Waals surface area contributed by atoms with Crippen molar-refractivity contribution in [2.45, 2.75) is 6.61 Å². The molecule has 4 nitrogen and oxygen atoms in total. The summed E-state index contributed by atoms with van der Waals surface area (Å²) < 4.78 is 10.7. The number of methoxy groups -OCH3 is 1. The summed E-state index contributed by atoms with van der Waals surface area (Å²) in [6, 6.07) is 3.37. The Balaban J connectivity index is 2.79. The second-order valence-corrected chi connectivity index (χ2v) is 3.71. The van der Waals surface area contributed by atoms with E-state index in [0.29, 0.717) is 21.6 Å². The summed E-state index contributed by atoms with van der Waals surface area (Å²) in [4.78, 5) is 10.6. The molecule has 1 aromatic carbocycles. The molecule has 0 aliphatic rings. The zero-order chi connectivity index (χ0) is 10.1. The van der Waals surface area contributed by atoms with Crippen molar-refractivity contribution in [2.24, 2.45) is 0 Å². The third-order valence-electron chi connectivity index (χ3n) is 1.86. The number of hydrogen-bond donors (Lipinski definition) is 1. The fourth-order valence-electron chi connectivity index (χ4n) is 1.24.